The molecular weight excluding hydrogens is 166 g/mol. The number of carbonyl (C=O) groups is 1. The molecule has 0 spiro atoms. The Labute approximate surface area is 76.9 Å². The average Bonchev–Trinajstić information content (AvgIpc) is 2.08. The van der Waals surface area contributed by atoms with Crippen LogP contribution in [0.1, 0.15) is 17.3 Å². The smallest absolute Gasteiger partial charge is 0.250 e. The van der Waals surface area contributed by atoms with E-state index >= 15 is 0 Å². The molecule has 4 nitrogen and oxygen atoms in total. The lowest BCUT2D eigenvalue weighted by molar-refractivity contribution is 0.100. The molecule has 0 aliphatic heterocycles. The number of amides is 1. The Kier molecular flexibility index (Phi) is 2.74. The maximum atomic E-state index is 10.9. The van der Waals surface area contributed by atoms with E-state index in [2.05, 4.69) is 5.32 Å². The van der Waals surface area contributed by atoms with E-state index in [9.17, 15) is 4.79 Å². The van der Waals surface area contributed by atoms with Gasteiger partial charge < -0.3 is 16.8 Å². The molecule has 0 atom stereocenters. The van der Waals surface area contributed by atoms with Crippen LogP contribution in [0, 0.1) is 0 Å². The Morgan fingerprint density at radius 3 is 2.77 bits per heavy atom. The molecule has 1 aromatic carbocycles. The maximum absolute atomic E-state index is 10.9. The molecule has 0 heterocycles. The summed E-state index contributed by atoms with van der Waals surface area (Å²) in [5.74, 6) is -0.503. The van der Waals surface area contributed by atoms with Crippen molar-refractivity contribution in [1.29, 1.82) is 0 Å². The number of anilines is 2. The molecule has 0 saturated carbocycles. The summed E-state index contributed by atoms with van der Waals surface area (Å²) in [6.45, 7) is 2.77. The fraction of sp³-hybridized carbons (Fsp3) is 0.222. The van der Waals surface area contributed by atoms with Crippen molar-refractivity contribution in [2.45, 2.75) is 6.92 Å². The second-order valence-electron chi connectivity index (χ2n) is 2.70. The molecule has 0 fully saturated rings. The third-order valence-electron chi connectivity index (χ3n) is 1.70. The molecule has 0 aliphatic rings. The predicted octanol–water partition coefficient (Wildman–Crippen LogP) is 0.799. The van der Waals surface area contributed by atoms with Gasteiger partial charge in [-0.15, -0.1) is 0 Å². The first-order chi connectivity index (χ1) is 6.15. The minimum Gasteiger partial charge on any atom is -0.398 e. The highest BCUT2D eigenvalue weighted by molar-refractivity contribution is 5.98. The zero-order chi connectivity index (χ0) is 9.84. The molecule has 5 N–H and O–H groups in total. The summed E-state index contributed by atoms with van der Waals surface area (Å²) >= 11 is 0. The molecule has 13 heavy (non-hydrogen) atoms. The molecule has 1 amide bonds. The molecule has 0 aromatic heterocycles. The van der Waals surface area contributed by atoms with Crippen LogP contribution < -0.4 is 16.8 Å². The first-order valence-corrected chi connectivity index (χ1v) is 4.08. The molecule has 0 radical (unpaired) electrons. The summed E-state index contributed by atoms with van der Waals surface area (Å²) in [7, 11) is 0. The van der Waals surface area contributed by atoms with Gasteiger partial charge in [-0.05, 0) is 25.1 Å². The summed E-state index contributed by atoms with van der Waals surface area (Å²) < 4.78 is 0. The topological polar surface area (TPSA) is 81.1 Å². The lowest BCUT2D eigenvalue weighted by Gasteiger charge is -2.06. The molecule has 0 saturated heterocycles. The minimum atomic E-state index is -0.503. The summed E-state index contributed by atoms with van der Waals surface area (Å²) in [6.07, 6.45) is 0. The second kappa shape index (κ2) is 3.80. The monoisotopic (exact) mass is 179 g/mol. The number of hydrogen-bond donors (Lipinski definition) is 3. The van der Waals surface area contributed by atoms with E-state index in [1.807, 2.05) is 13.0 Å². The zero-order valence-corrected chi connectivity index (χ0v) is 7.50. The van der Waals surface area contributed by atoms with Crippen LogP contribution in [0.4, 0.5) is 11.4 Å². The van der Waals surface area contributed by atoms with Crippen LogP contribution in [-0.4, -0.2) is 12.5 Å². The van der Waals surface area contributed by atoms with Gasteiger partial charge in [-0.3, -0.25) is 4.79 Å². The van der Waals surface area contributed by atoms with Gasteiger partial charge in [0.2, 0.25) is 0 Å². The van der Waals surface area contributed by atoms with Gasteiger partial charge in [0.25, 0.3) is 5.91 Å². The quantitative estimate of drug-likeness (QED) is 0.600. The van der Waals surface area contributed by atoms with E-state index in [-0.39, 0.29) is 0 Å². The van der Waals surface area contributed by atoms with E-state index in [4.69, 9.17) is 11.5 Å². The molecular formula is C9H13N3O. The number of hydrogen-bond acceptors (Lipinski definition) is 3. The third kappa shape index (κ3) is 2.11. The van der Waals surface area contributed by atoms with E-state index in [1.54, 1.807) is 12.1 Å². The molecule has 70 valence electrons. The highest BCUT2D eigenvalue weighted by Gasteiger charge is 2.05. The highest BCUT2D eigenvalue weighted by atomic mass is 16.1. The molecule has 1 rings (SSSR count). The summed E-state index contributed by atoms with van der Waals surface area (Å²) in [4.78, 5) is 10.9. The number of benzene rings is 1. The van der Waals surface area contributed by atoms with Crippen molar-refractivity contribution in [2.24, 2.45) is 5.73 Å². The van der Waals surface area contributed by atoms with Crippen molar-refractivity contribution in [3.05, 3.63) is 23.8 Å². The lowest BCUT2D eigenvalue weighted by Crippen LogP contribution is -2.14. The summed E-state index contributed by atoms with van der Waals surface area (Å²) in [5.41, 5.74) is 12.3. The van der Waals surface area contributed by atoms with Crippen molar-refractivity contribution in [3.8, 4) is 0 Å². The summed E-state index contributed by atoms with van der Waals surface area (Å²) in [6, 6.07) is 5.13. The Morgan fingerprint density at radius 1 is 1.54 bits per heavy atom. The van der Waals surface area contributed by atoms with E-state index in [0.717, 1.165) is 12.2 Å². The highest BCUT2D eigenvalue weighted by Crippen LogP contribution is 2.16. The van der Waals surface area contributed by atoms with Gasteiger partial charge in [0.05, 0.1) is 5.56 Å². The van der Waals surface area contributed by atoms with Crippen LogP contribution in [0.25, 0.3) is 0 Å². The zero-order valence-electron chi connectivity index (χ0n) is 7.50. The fourth-order valence-electron chi connectivity index (χ4n) is 1.08. The Morgan fingerprint density at radius 2 is 2.23 bits per heavy atom. The number of nitrogens with one attached hydrogen (secondary N) is 1. The fourth-order valence-corrected chi connectivity index (χ4v) is 1.08. The van der Waals surface area contributed by atoms with Crippen LogP contribution >= 0.6 is 0 Å². The molecule has 1 aromatic rings. The average molecular weight is 179 g/mol. The normalized spacial score (nSPS) is 9.62. The van der Waals surface area contributed by atoms with Gasteiger partial charge in [0.1, 0.15) is 0 Å². The maximum Gasteiger partial charge on any atom is 0.250 e. The number of nitrogens with two attached hydrogens (primary N) is 2. The Balaban J connectivity index is 3.04. The van der Waals surface area contributed by atoms with Crippen LogP contribution in [0.15, 0.2) is 18.2 Å². The number of carbonyl (C=O) groups excluding carboxylic acids is 1. The SMILES string of the molecule is CCNc1ccc(N)c(C(N)=O)c1. The van der Waals surface area contributed by atoms with Gasteiger partial charge in [-0.1, -0.05) is 0 Å². The van der Waals surface area contributed by atoms with Gasteiger partial charge in [0.15, 0.2) is 0 Å². The number of rotatable bonds is 3. The van der Waals surface area contributed by atoms with E-state index < -0.39 is 5.91 Å². The predicted molar refractivity (Wildman–Crippen MR) is 53.5 cm³/mol. The van der Waals surface area contributed by atoms with Crippen molar-refractivity contribution in [1.82, 2.24) is 0 Å². The molecule has 4 heteroatoms. The van der Waals surface area contributed by atoms with Gasteiger partial charge in [0, 0.05) is 17.9 Å². The van der Waals surface area contributed by atoms with Gasteiger partial charge >= 0.3 is 0 Å². The molecule has 0 bridgehead atoms. The van der Waals surface area contributed by atoms with Crippen LogP contribution in [-0.2, 0) is 0 Å². The van der Waals surface area contributed by atoms with Crippen LogP contribution in [0.2, 0.25) is 0 Å². The van der Waals surface area contributed by atoms with E-state index in [0.29, 0.717) is 11.3 Å². The number of primary amides is 1. The third-order valence-corrected chi connectivity index (χ3v) is 1.70. The van der Waals surface area contributed by atoms with Gasteiger partial charge in [-0.2, -0.15) is 0 Å². The summed E-state index contributed by atoms with van der Waals surface area (Å²) in [5, 5.41) is 3.07. The van der Waals surface area contributed by atoms with Crippen molar-refractivity contribution >= 4 is 17.3 Å². The van der Waals surface area contributed by atoms with Crippen molar-refractivity contribution in [3.63, 3.8) is 0 Å². The largest absolute Gasteiger partial charge is 0.398 e. The molecule has 0 unspecified atom stereocenters. The Bertz CT molecular complexity index is 323. The van der Waals surface area contributed by atoms with Gasteiger partial charge in [-0.25, -0.2) is 0 Å². The van der Waals surface area contributed by atoms with Crippen molar-refractivity contribution in [2.75, 3.05) is 17.6 Å². The lowest BCUT2D eigenvalue weighted by atomic mass is 10.1. The van der Waals surface area contributed by atoms with Crippen molar-refractivity contribution < 1.29 is 4.79 Å². The first-order valence-electron chi connectivity index (χ1n) is 4.08. The van der Waals surface area contributed by atoms with E-state index in [1.165, 1.54) is 0 Å². The minimum absolute atomic E-state index is 0.360. The Hall–Kier alpha value is -1.71. The standard InChI is InChI=1S/C9H13N3O/c1-2-12-6-3-4-8(10)7(5-6)9(11)13/h3-5,12H,2,10H2,1H3,(H2,11,13). The number of nitrogen functional groups attached to an aromatic ring is 1. The first kappa shape index (κ1) is 9.38. The van der Waals surface area contributed by atoms with Crippen LogP contribution in [0.5, 0.6) is 0 Å². The second-order valence-corrected chi connectivity index (χ2v) is 2.70. The van der Waals surface area contributed by atoms with Crippen LogP contribution in [0.3, 0.4) is 0 Å². The molecule has 0 aliphatic carbocycles.